The van der Waals surface area contributed by atoms with Crippen molar-refractivity contribution in [3.63, 3.8) is 0 Å². The van der Waals surface area contributed by atoms with Gasteiger partial charge in [-0.3, -0.25) is 0 Å². The molecule has 0 aliphatic carbocycles. The fourth-order valence-corrected chi connectivity index (χ4v) is 1.74. The SMILES string of the molecule is CCN(CC)CC(C)N.CCN(CC)CCCN. The molecule has 0 spiro atoms. The van der Waals surface area contributed by atoms with Gasteiger partial charge in [0.2, 0.25) is 0 Å². The molecule has 18 heavy (non-hydrogen) atoms. The van der Waals surface area contributed by atoms with Crippen LogP contribution in [0.4, 0.5) is 0 Å². The van der Waals surface area contributed by atoms with E-state index < -0.39 is 0 Å². The maximum Gasteiger partial charge on any atom is 0.0139 e. The first-order chi connectivity index (χ1) is 8.55. The van der Waals surface area contributed by atoms with E-state index in [4.69, 9.17) is 11.5 Å². The second-order valence-electron chi connectivity index (χ2n) is 4.63. The Kier molecular flexibility index (Phi) is 16.7. The highest BCUT2D eigenvalue weighted by Crippen LogP contribution is 1.88. The van der Waals surface area contributed by atoms with Gasteiger partial charge in [0.15, 0.2) is 0 Å². The summed E-state index contributed by atoms with van der Waals surface area (Å²) in [6, 6.07) is 0.310. The monoisotopic (exact) mass is 260 g/mol. The van der Waals surface area contributed by atoms with Gasteiger partial charge >= 0.3 is 0 Å². The Bertz CT molecular complexity index is 143. The first-order valence-electron chi connectivity index (χ1n) is 7.45. The Hall–Kier alpha value is -0.160. The molecule has 0 amide bonds. The summed E-state index contributed by atoms with van der Waals surface area (Å²) in [7, 11) is 0. The summed E-state index contributed by atoms with van der Waals surface area (Å²) < 4.78 is 0. The maximum atomic E-state index is 5.60. The van der Waals surface area contributed by atoms with E-state index in [1.807, 2.05) is 6.92 Å². The van der Waals surface area contributed by atoms with Crippen LogP contribution in [0.3, 0.4) is 0 Å². The van der Waals surface area contributed by atoms with Crippen LogP contribution in [0.5, 0.6) is 0 Å². The van der Waals surface area contributed by atoms with Gasteiger partial charge in [-0.1, -0.05) is 27.7 Å². The van der Waals surface area contributed by atoms with E-state index in [-0.39, 0.29) is 0 Å². The molecule has 4 N–H and O–H groups in total. The summed E-state index contributed by atoms with van der Waals surface area (Å²) in [6.45, 7) is 18.2. The Balaban J connectivity index is 0. The van der Waals surface area contributed by atoms with E-state index in [2.05, 4.69) is 37.5 Å². The highest BCUT2D eigenvalue weighted by Gasteiger charge is 2.00. The first kappa shape index (κ1) is 20.2. The van der Waals surface area contributed by atoms with Crippen molar-refractivity contribution < 1.29 is 0 Å². The second kappa shape index (κ2) is 14.9. The highest BCUT2D eigenvalue weighted by molar-refractivity contribution is 4.59. The number of hydrogen-bond donors (Lipinski definition) is 2. The zero-order valence-corrected chi connectivity index (χ0v) is 13.3. The molecule has 4 heteroatoms. The molecule has 0 saturated heterocycles. The summed E-state index contributed by atoms with van der Waals surface area (Å²) in [5.41, 5.74) is 11.0. The molecule has 0 rings (SSSR count). The molecule has 0 aromatic heterocycles. The van der Waals surface area contributed by atoms with Gasteiger partial charge in [0, 0.05) is 12.6 Å². The zero-order valence-electron chi connectivity index (χ0n) is 13.3. The van der Waals surface area contributed by atoms with E-state index in [1.165, 1.54) is 0 Å². The van der Waals surface area contributed by atoms with E-state index in [0.717, 1.165) is 52.2 Å². The Morgan fingerprint density at radius 2 is 1.33 bits per heavy atom. The summed E-state index contributed by atoms with van der Waals surface area (Å²) in [5, 5.41) is 0. The number of nitrogens with zero attached hydrogens (tertiary/aromatic N) is 2. The summed E-state index contributed by atoms with van der Waals surface area (Å²) in [6.07, 6.45) is 1.13. The van der Waals surface area contributed by atoms with Crippen LogP contribution in [0.15, 0.2) is 0 Å². The molecule has 1 unspecified atom stereocenters. The Labute approximate surface area is 115 Å². The van der Waals surface area contributed by atoms with Gasteiger partial charge in [0.25, 0.3) is 0 Å². The summed E-state index contributed by atoms with van der Waals surface area (Å²) in [4.78, 5) is 4.71. The van der Waals surface area contributed by atoms with E-state index in [0.29, 0.717) is 6.04 Å². The average molecular weight is 260 g/mol. The minimum absolute atomic E-state index is 0.310. The van der Waals surface area contributed by atoms with Gasteiger partial charge < -0.3 is 21.3 Å². The van der Waals surface area contributed by atoms with Gasteiger partial charge in [-0.05, 0) is 52.6 Å². The largest absolute Gasteiger partial charge is 0.330 e. The predicted octanol–water partition coefficient (Wildman–Crippen LogP) is 1.35. The Morgan fingerprint density at radius 1 is 0.889 bits per heavy atom. The van der Waals surface area contributed by atoms with Crippen molar-refractivity contribution in [2.75, 3.05) is 45.8 Å². The van der Waals surface area contributed by atoms with Crippen LogP contribution in [0.25, 0.3) is 0 Å². The molecule has 0 fully saturated rings. The third-order valence-electron chi connectivity index (χ3n) is 3.01. The van der Waals surface area contributed by atoms with Crippen LogP contribution in [0.2, 0.25) is 0 Å². The lowest BCUT2D eigenvalue weighted by atomic mass is 10.3. The lowest BCUT2D eigenvalue weighted by Crippen LogP contribution is -2.35. The average Bonchev–Trinajstić information content (AvgIpc) is 2.38. The fraction of sp³-hybridized carbons (Fsp3) is 1.00. The molecule has 112 valence electrons. The van der Waals surface area contributed by atoms with Crippen molar-refractivity contribution in [2.24, 2.45) is 11.5 Å². The van der Waals surface area contributed by atoms with E-state index in [9.17, 15) is 0 Å². The molecule has 0 aliphatic rings. The molecular formula is C14H36N4. The van der Waals surface area contributed by atoms with Crippen LogP contribution in [-0.4, -0.2) is 61.7 Å². The van der Waals surface area contributed by atoms with Crippen molar-refractivity contribution in [1.29, 1.82) is 0 Å². The van der Waals surface area contributed by atoms with Crippen LogP contribution >= 0.6 is 0 Å². The van der Waals surface area contributed by atoms with Crippen LogP contribution in [0.1, 0.15) is 41.0 Å². The van der Waals surface area contributed by atoms with Crippen LogP contribution < -0.4 is 11.5 Å². The smallest absolute Gasteiger partial charge is 0.0139 e. The predicted molar refractivity (Wildman–Crippen MR) is 82.9 cm³/mol. The van der Waals surface area contributed by atoms with Crippen molar-refractivity contribution in [3.8, 4) is 0 Å². The quantitative estimate of drug-likeness (QED) is 0.657. The molecule has 0 radical (unpaired) electrons. The van der Waals surface area contributed by atoms with Crippen molar-refractivity contribution in [2.45, 2.75) is 47.1 Å². The molecule has 0 aromatic carbocycles. The molecule has 0 heterocycles. The summed E-state index contributed by atoms with van der Waals surface area (Å²) >= 11 is 0. The van der Waals surface area contributed by atoms with Crippen molar-refractivity contribution >= 4 is 0 Å². The number of hydrogen-bond acceptors (Lipinski definition) is 4. The lowest BCUT2D eigenvalue weighted by Gasteiger charge is -2.19. The molecule has 4 nitrogen and oxygen atoms in total. The highest BCUT2D eigenvalue weighted by atomic mass is 15.1. The standard InChI is InChI=1S/2C7H18N2/c1-4-9(5-2)6-7(3)8;1-3-9(4-2)7-5-6-8/h7H,4-6,8H2,1-3H3;3-8H2,1-2H3. The molecular weight excluding hydrogens is 224 g/mol. The topological polar surface area (TPSA) is 58.5 Å². The molecule has 0 aliphatic heterocycles. The third kappa shape index (κ3) is 13.9. The van der Waals surface area contributed by atoms with Gasteiger partial charge in [-0.25, -0.2) is 0 Å². The van der Waals surface area contributed by atoms with E-state index >= 15 is 0 Å². The number of nitrogens with two attached hydrogens (primary N) is 2. The normalized spacial score (nSPS) is 12.5. The van der Waals surface area contributed by atoms with E-state index in [1.54, 1.807) is 0 Å². The van der Waals surface area contributed by atoms with Gasteiger partial charge in [-0.2, -0.15) is 0 Å². The fourth-order valence-electron chi connectivity index (χ4n) is 1.74. The van der Waals surface area contributed by atoms with Crippen LogP contribution in [-0.2, 0) is 0 Å². The van der Waals surface area contributed by atoms with Gasteiger partial charge in [0.05, 0.1) is 0 Å². The van der Waals surface area contributed by atoms with Gasteiger partial charge in [-0.15, -0.1) is 0 Å². The minimum atomic E-state index is 0.310. The number of likely N-dealkylation sites (N-methyl/N-ethyl adjacent to an activating group) is 1. The molecule has 0 bridgehead atoms. The maximum absolute atomic E-state index is 5.60. The van der Waals surface area contributed by atoms with Crippen LogP contribution in [0, 0.1) is 0 Å². The first-order valence-corrected chi connectivity index (χ1v) is 7.45. The second-order valence-corrected chi connectivity index (χ2v) is 4.63. The molecule has 1 atom stereocenters. The third-order valence-corrected chi connectivity index (χ3v) is 3.01. The summed E-state index contributed by atoms with van der Waals surface area (Å²) in [5.74, 6) is 0. The Morgan fingerprint density at radius 3 is 1.56 bits per heavy atom. The van der Waals surface area contributed by atoms with Crippen molar-refractivity contribution in [3.05, 3.63) is 0 Å². The van der Waals surface area contributed by atoms with Crippen molar-refractivity contribution in [1.82, 2.24) is 9.80 Å². The molecule has 0 saturated carbocycles. The number of rotatable bonds is 9. The molecule has 0 aromatic rings. The zero-order chi connectivity index (χ0) is 14.4. The van der Waals surface area contributed by atoms with Gasteiger partial charge in [0.1, 0.15) is 0 Å². The lowest BCUT2D eigenvalue weighted by molar-refractivity contribution is 0.289. The minimum Gasteiger partial charge on any atom is -0.330 e.